The summed E-state index contributed by atoms with van der Waals surface area (Å²) in [5.41, 5.74) is 2.80. The number of nitrogens with one attached hydrogen (secondary N) is 3. The summed E-state index contributed by atoms with van der Waals surface area (Å²) >= 11 is 1.24. The van der Waals surface area contributed by atoms with Gasteiger partial charge in [0.15, 0.2) is 11.7 Å². The Kier molecular flexibility index (Phi) is 5.78. The zero-order valence-electron chi connectivity index (χ0n) is 19.9. The molecule has 186 valence electrons. The van der Waals surface area contributed by atoms with Crippen molar-refractivity contribution in [2.75, 3.05) is 38.5 Å². The lowest BCUT2D eigenvalue weighted by Crippen LogP contribution is -2.45. The number of hydrogen-bond donors (Lipinski definition) is 3. The second-order valence-corrected chi connectivity index (χ2v) is 12.6. The largest absolute Gasteiger partial charge is 0.329 e. The molecule has 35 heavy (non-hydrogen) atoms. The molecule has 12 heteroatoms. The normalized spacial score (nSPS) is 26.3. The van der Waals surface area contributed by atoms with Gasteiger partial charge >= 0.3 is 0 Å². The molecule has 2 unspecified atom stereocenters. The number of amidine groups is 2. The molecule has 5 heterocycles. The van der Waals surface area contributed by atoms with Crippen molar-refractivity contribution in [1.82, 2.24) is 19.9 Å². The first-order valence-corrected chi connectivity index (χ1v) is 14.4. The Morgan fingerprint density at radius 3 is 2.86 bits per heavy atom. The number of nitrogens with zero attached hydrogens (tertiary/aromatic N) is 5. The third kappa shape index (κ3) is 4.55. The van der Waals surface area contributed by atoms with Crippen LogP contribution in [0.15, 0.2) is 48.9 Å². The van der Waals surface area contributed by atoms with E-state index < -0.39 is 10.0 Å². The second-order valence-electron chi connectivity index (χ2n) is 9.68. The Balaban J connectivity index is 1.30. The highest BCUT2D eigenvalue weighted by molar-refractivity contribution is 7.91. The zero-order valence-corrected chi connectivity index (χ0v) is 21.5. The highest BCUT2D eigenvalue weighted by Crippen LogP contribution is 2.34. The first-order valence-electron chi connectivity index (χ1n) is 12.1. The Morgan fingerprint density at radius 1 is 1.29 bits per heavy atom. The van der Waals surface area contributed by atoms with E-state index in [0.29, 0.717) is 16.6 Å². The van der Waals surface area contributed by atoms with Crippen molar-refractivity contribution in [2.45, 2.75) is 42.5 Å². The van der Waals surface area contributed by atoms with Gasteiger partial charge in [-0.25, -0.2) is 18.1 Å². The Morgan fingerprint density at radius 2 is 2.14 bits per heavy atom. The lowest BCUT2D eigenvalue weighted by Gasteiger charge is -2.32. The summed E-state index contributed by atoms with van der Waals surface area (Å²) in [7, 11) is -1.53. The minimum Gasteiger partial charge on any atom is -0.329 e. The predicted molar refractivity (Wildman–Crippen MR) is 140 cm³/mol. The number of fused-ring (bicyclic) bond motifs is 1. The molecule has 3 N–H and O–H groups in total. The van der Waals surface area contributed by atoms with Crippen LogP contribution in [0.3, 0.4) is 0 Å². The van der Waals surface area contributed by atoms with Crippen LogP contribution in [0.2, 0.25) is 0 Å². The Bertz CT molecular complexity index is 1290. The maximum atomic E-state index is 12.8. The number of sulfonamides is 1. The lowest BCUT2D eigenvalue weighted by atomic mass is 10.00. The van der Waals surface area contributed by atoms with Crippen LogP contribution < -0.4 is 15.4 Å². The van der Waals surface area contributed by atoms with Crippen molar-refractivity contribution in [3.05, 3.63) is 35.2 Å². The van der Waals surface area contributed by atoms with Crippen LogP contribution in [0.5, 0.6) is 0 Å². The van der Waals surface area contributed by atoms with Gasteiger partial charge in [0.1, 0.15) is 4.21 Å². The molecule has 0 amide bonds. The summed E-state index contributed by atoms with van der Waals surface area (Å²) in [4.78, 5) is 12.0. The topological polar surface area (TPSA) is 114 Å². The first kappa shape index (κ1) is 22.9. The summed E-state index contributed by atoms with van der Waals surface area (Å²) in [6, 6.07) is 2.12. The quantitative estimate of drug-likeness (QED) is 0.533. The Labute approximate surface area is 209 Å². The van der Waals surface area contributed by atoms with Crippen LogP contribution in [-0.2, 0) is 10.0 Å². The van der Waals surface area contributed by atoms with Crippen molar-refractivity contribution < 1.29 is 8.42 Å². The van der Waals surface area contributed by atoms with E-state index in [1.807, 2.05) is 31.3 Å². The van der Waals surface area contributed by atoms with Crippen LogP contribution in [0, 0.1) is 12.8 Å². The summed E-state index contributed by atoms with van der Waals surface area (Å²) < 4.78 is 28.8. The molecule has 1 fully saturated rings. The number of thiophene rings is 1. The summed E-state index contributed by atoms with van der Waals surface area (Å²) in [5, 5.41) is 14.0. The minimum atomic E-state index is -3.52. The van der Waals surface area contributed by atoms with Crippen LogP contribution in [-0.4, -0.2) is 81.5 Å². The molecule has 2 atom stereocenters. The number of hydrogen-bond acceptors (Lipinski definition) is 10. The van der Waals surface area contributed by atoms with E-state index in [1.54, 1.807) is 0 Å². The molecule has 0 saturated heterocycles. The average Bonchev–Trinajstić information content (AvgIpc) is 3.19. The Hall–Kier alpha value is -2.54. The molecule has 1 aromatic heterocycles. The summed E-state index contributed by atoms with van der Waals surface area (Å²) in [5.74, 6) is 1.71. The van der Waals surface area contributed by atoms with Crippen molar-refractivity contribution in [1.29, 1.82) is 0 Å². The average molecular weight is 515 g/mol. The third-order valence-electron chi connectivity index (χ3n) is 6.77. The van der Waals surface area contributed by atoms with Gasteiger partial charge < -0.3 is 15.5 Å². The van der Waals surface area contributed by atoms with Crippen LogP contribution >= 0.6 is 11.3 Å². The lowest BCUT2D eigenvalue weighted by molar-refractivity contribution is 0.298. The maximum Gasteiger partial charge on any atom is 0.250 e. The number of rotatable bonds is 6. The number of hydrazone groups is 1. The fourth-order valence-electron chi connectivity index (χ4n) is 4.82. The molecule has 10 nitrogen and oxygen atoms in total. The second kappa shape index (κ2) is 8.84. The molecule has 1 aliphatic carbocycles. The fourth-order valence-corrected chi connectivity index (χ4v) is 7.74. The van der Waals surface area contributed by atoms with Gasteiger partial charge in [-0.05, 0) is 49.9 Å². The maximum absolute atomic E-state index is 12.8. The highest BCUT2D eigenvalue weighted by atomic mass is 32.2. The molecule has 1 saturated carbocycles. The molecule has 6 rings (SSSR count). The van der Waals surface area contributed by atoms with E-state index in [4.69, 9.17) is 9.98 Å². The van der Waals surface area contributed by atoms with Gasteiger partial charge in [0.25, 0.3) is 10.0 Å². The van der Waals surface area contributed by atoms with E-state index in [-0.39, 0.29) is 18.0 Å². The highest BCUT2D eigenvalue weighted by Gasteiger charge is 2.39. The third-order valence-corrected chi connectivity index (χ3v) is 10.1. The van der Waals surface area contributed by atoms with Gasteiger partial charge in [0.2, 0.25) is 0 Å². The fraction of sp³-hybridized carbons (Fsp3) is 0.522. The van der Waals surface area contributed by atoms with E-state index >= 15 is 0 Å². The minimum absolute atomic E-state index is 0.0715. The summed E-state index contributed by atoms with van der Waals surface area (Å²) in [6.45, 7) is 5.10. The smallest absolute Gasteiger partial charge is 0.250 e. The molecule has 4 aliphatic heterocycles. The predicted octanol–water partition coefficient (Wildman–Crippen LogP) is 1.71. The van der Waals surface area contributed by atoms with Crippen LogP contribution in [0.4, 0.5) is 5.00 Å². The summed E-state index contributed by atoms with van der Waals surface area (Å²) in [6.07, 6.45) is 9.15. The van der Waals surface area contributed by atoms with Gasteiger partial charge in [0, 0.05) is 44.5 Å². The molecule has 0 bridgehead atoms. The standard InChI is InChI=1S/C23H30N8O2S2/c1-14-8-20(34-23(14)35(32,33)29-17-5-6-17)28-21-22-25-11-19(16-10-26-30(2)12-16)31(22)13-18(27-21)15-4-3-7-24-9-15/h4,8,10,13,16-17,19,24,29H,3,5-7,9,11-12H2,1-2H3,(H,27,28). The van der Waals surface area contributed by atoms with Gasteiger partial charge in [-0.3, -0.25) is 10.0 Å². The van der Waals surface area contributed by atoms with Crippen molar-refractivity contribution in [3.63, 3.8) is 0 Å². The van der Waals surface area contributed by atoms with Crippen LogP contribution in [0.25, 0.3) is 0 Å². The van der Waals surface area contributed by atoms with Crippen molar-refractivity contribution in [3.8, 4) is 0 Å². The van der Waals surface area contributed by atoms with Crippen molar-refractivity contribution in [2.24, 2.45) is 21.0 Å². The number of aliphatic imine (C=N–C) groups is 2. The van der Waals surface area contributed by atoms with E-state index in [2.05, 4.69) is 37.6 Å². The zero-order chi connectivity index (χ0) is 24.2. The molecule has 1 aromatic rings. The van der Waals surface area contributed by atoms with E-state index in [9.17, 15) is 8.42 Å². The first-order chi connectivity index (χ1) is 16.9. The van der Waals surface area contributed by atoms with E-state index in [1.165, 1.54) is 11.3 Å². The van der Waals surface area contributed by atoms with Gasteiger partial charge in [-0.2, -0.15) is 5.10 Å². The van der Waals surface area contributed by atoms with Gasteiger partial charge in [-0.15, -0.1) is 11.3 Å². The molecule has 5 aliphatic rings. The monoisotopic (exact) mass is 514 g/mol. The van der Waals surface area contributed by atoms with Crippen molar-refractivity contribution >= 4 is 44.2 Å². The molecular formula is C23H30N8O2S2. The van der Waals surface area contributed by atoms with Crippen LogP contribution in [0.1, 0.15) is 24.8 Å². The SMILES string of the molecule is Cc1cc(NC2=NC(C3=CCCNC3)=CN3C2=NCC3C2C=NN(C)C2)sc1S(=O)(=O)NC1CC1. The molecular weight excluding hydrogens is 484 g/mol. The number of anilines is 1. The molecule has 0 spiro atoms. The van der Waals surface area contributed by atoms with E-state index in [0.717, 1.165) is 66.6 Å². The number of aryl methyl sites for hydroxylation is 1. The van der Waals surface area contributed by atoms with Gasteiger partial charge in [0.05, 0.1) is 23.3 Å². The molecule has 0 radical (unpaired) electrons. The molecule has 0 aromatic carbocycles. The van der Waals surface area contributed by atoms with Gasteiger partial charge in [-0.1, -0.05) is 6.08 Å².